The van der Waals surface area contributed by atoms with Gasteiger partial charge in [0.1, 0.15) is 0 Å². The van der Waals surface area contributed by atoms with Crippen molar-refractivity contribution < 1.29 is 0 Å². The van der Waals surface area contributed by atoms with Crippen LogP contribution in [0.2, 0.25) is 0 Å². The van der Waals surface area contributed by atoms with Gasteiger partial charge in [0.15, 0.2) is 0 Å². The minimum atomic E-state index is 0.704. The van der Waals surface area contributed by atoms with Gasteiger partial charge >= 0.3 is 0 Å². The minimum Gasteiger partial charge on any atom is -0.314 e. The molecule has 0 bridgehead atoms. The van der Waals surface area contributed by atoms with Crippen LogP contribution in [0.15, 0.2) is 24.3 Å². The van der Waals surface area contributed by atoms with Gasteiger partial charge in [-0.25, -0.2) is 0 Å². The van der Waals surface area contributed by atoms with E-state index in [1.54, 1.807) is 0 Å². The Kier molecular flexibility index (Phi) is 6.17. The van der Waals surface area contributed by atoms with Crippen LogP contribution in [0.1, 0.15) is 44.2 Å². The van der Waals surface area contributed by atoms with E-state index in [4.69, 9.17) is 0 Å². The molecule has 0 aliphatic heterocycles. The summed E-state index contributed by atoms with van der Waals surface area (Å²) in [4.78, 5) is 0. The van der Waals surface area contributed by atoms with E-state index < -0.39 is 0 Å². The van der Waals surface area contributed by atoms with Crippen molar-refractivity contribution in [1.82, 2.24) is 5.32 Å². The Hall–Kier alpha value is -0.820. The first-order valence-electron chi connectivity index (χ1n) is 6.55. The Labute approximate surface area is 100 Å². The summed E-state index contributed by atoms with van der Waals surface area (Å²) in [5, 5.41) is 3.53. The molecule has 0 spiro atoms. The topological polar surface area (TPSA) is 12.0 Å². The Morgan fingerprint density at radius 2 is 1.81 bits per heavy atom. The average molecular weight is 219 g/mol. The Morgan fingerprint density at radius 3 is 2.38 bits per heavy atom. The molecule has 0 aliphatic rings. The molecule has 0 fully saturated rings. The molecule has 0 aromatic heterocycles. The van der Waals surface area contributed by atoms with Gasteiger partial charge in [-0.15, -0.1) is 0 Å². The third-order valence-electron chi connectivity index (χ3n) is 3.12. The maximum atomic E-state index is 3.53. The van der Waals surface area contributed by atoms with Gasteiger partial charge in [-0.3, -0.25) is 0 Å². The molecule has 0 saturated carbocycles. The summed E-state index contributed by atoms with van der Waals surface area (Å²) in [6.07, 6.45) is 5.02. The highest BCUT2D eigenvalue weighted by Crippen LogP contribution is 2.09. The van der Waals surface area contributed by atoms with E-state index in [1.165, 1.54) is 36.8 Å². The number of aryl methyl sites for hydroxylation is 2. The zero-order valence-electron chi connectivity index (χ0n) is 10.9. The van der Waals surface area contributed by atoms with Gasteiger partial charge in [0.05, 0.1) is 0 Å². The highest BCUT2D eigenvalue weighted by atomic mass is 14.9. The van der Waals surface area contributed by atoms with Gasteiger partial charge < -0.3 is 5.32 Å². The summed E-state index contributed by atoms with van der Waals surface area (Å²) in [5.74, 6) is 0. The van der Waals surface area contributed by atoms with Crippen molar-refractivity contribution in [3.63, 3.8) is 0 Å². The van der Waals surface area contributed by atoms with E-state index in [1.807, 2.05) is 0 Å². The van der Waals surface area contributed by atoms with Crippen molar-refractivity contribution >= 4 is 0 Å². The molecule has 1 aromatic rings. The molecule has 0 heterocycles. The third-order valence-corrected chi connectivity index (χ3v) is 3.12. The fourth-order valence-electron chi connectivity index (χ4n) is 2.05. The molecule has 16 heavy (non-hydrogen) atoms. The van der Waals surface area contributed by atoms with E-state index in [-0.39, 0.29) is 0 Å². The smallest absolute Gasteiger partial charge is 0.00644 e. The predicted octanol–water partition coefficient (Wildman–Crippen LogP) is 3.71. The fraction of sp³-hybridized carbons (Fsp3) is 0.600. The van der Waals surface area contributed by atoms with Gasteiger partial charge in [-0.1, -0.05) is 43.7 Å². The van der Waals surface area contributed by atoms with Crippen LogP contribution in [0.4, 0.5) is 0 Å². The first-order valence-corrected chi connectivity index (χ1v) is 6.55. The van der Waals surface area contributed by atoms with E-state index in [2.05, 4.69) is 50.4 Å². The molecule has 0 saturated heterocycles. The van der Waals surface area contributed by atoms with Crippen molar-refractivity contribution in [3.05, 3.63) is 35.4 Å². The maximum Gasteiger partial charge on any atom is 0.00644 e. The summed E-state index contributed by atoms with van der Waals surface area (Å²) in [7, 11) is 0. The van der Waals surface area contributed by atoms with Gasteiger partial charge in [0.25, 0.3) is 0 Å². The van der Waals surface area contributed by atoms with Crippen molar-refractivity contribution in [2.75, 3.05) is 6.54 Å². The molecule has 1 N–H and O–H groups in total. The first kappa shape index (κ1) is 13.2. The molecule has 1 aromatic carbocycles. The minimum absolute atomic E-state index is 0.704. The monoisotopic (exact) mass is 219 g/mol. The zero-order chi connectivity index (χ0) is 11.8. The summed E-state index contributed by atoms with van der Waals surface area (Å²) in [6, 6.07) is 9.62. The Morgan fingerprint density at radius 1 is 1.12 bits per heavy atom. The van der Waals surface area contributed by atoms with Crippen molar-refractivity contribution in [2.45, 2.75) is 52.5 Å². The van der Waals surface area contributed by atoms with Crippen LogP contribution in [0.3, 0.4) is 0 Å². The standard InChI is InChI=1S/C15H25N/c1-4-15(16-5-2)8-6-7-14-11-9-13(3)10-12-14/h9-12,15-16H,4-8H2,1-3H3. The van der Waals surface area contributed by atoms with Crippen LogP contribution >= 0.6 is 0 Å². The Bertz CT molecular complexity index is 276. The van der Waals surface area contributed by atoms with Crippen LogP contribution in [-0.2, 0) is 6.42 Å². The summed E-state index contributed by atoms with van der Waals surface area (Å²) >= 11 is 0. The van der Waals surface area contributed by atoms with Crippen LogP contribution in [0.25, 0.3) is 0 Å². The molecule has 1 nitrogen and oxygen atoms in total. The van der Waals surface area contributed by atoms with E-state index in [0.29, 0.717) is 6.04 Å². The molecule has 0 radical (unpaired) electrons. The molecular formula is C15H25N. The summed E-state index contributed by atoms with van der Waals surface area (Å²) < 4.78 is 0. The van der Waals surface area contributed by atoms with Crippen molar-refractivity contribution in [3.8, 4) is 0 Å². The lowest BCUT2D eigenvalue weighted by Gasteiger charge is -2.15. The number of hydrogen-bond donors (Lipinski definition) is 1. The van der Waals surface area contributed by atoms with Crippen LogP contribution in [-0.4, -0.2) is 12.6 Å². The highest BCUT2D eigenvalue weighted by molar-refractivity contribution is 5.21. The molecule has 1 atom stereocenters. The van der Waals surface area contributed by atoms with Crippen LogP contribution in [0, 0.1) is 6.92 Å². The number of rotatable bonds is 7. The summed E-state index contributed by atoms with van der Waals surface area (Å²) in [6.45, 7) is 7.67. The number of hydrogen-bond acceptors (Lipinski definition) is 1. The van der Waals surface area contributed by atoms with Gasteiger partial charge in [0.2, 0.25) is 0 Å². The second kappa shape index (κ2) is 7.45. The number of benzene rings is 1. The normalized spacial score (nSPS) is 12.7. The van der Waals surface area contributed by atoms with Crippen LogP contribution in [0.5, 0.6) is 0 Å². The predicted molar refractivity (Wildman–Crippen MR) is 71.9 cm³/mol. The van der Waals surface area contributed by atoms with Gasteiger partial charge in [-0.05, 0) is 44.7 Å². The maximum absolute atomic E-state index is 3.53. The molecule has 1 rings (SSSR count). The summed E-state index contributed by atoms with van der Waals surface area (Å²) in [5.41, 5.74) is 2.82. The third kappa shape index (κ3) is 4.80. The van der Waals surface area contributed by atoms with E-state index >= 15 is 0 Å². The average Bonchev–Trinajstić information content (AvgIpc) is 2.30. The van der Waals surface area contributed by atoms with Gasteiger partial charge in [-0.2, -0.15) is 0 Å². The zero-order valence-corrected chi connectivity index (χ0v) is 10.9. The number of nitrogens with one attached hydrogen (secondary N) is 1. The Balaban J connectivity index is 2.26. The van der Waals surface area contributed by atoms with Crippen molar-refractivity contribution in [2.24, 2.45) is 0 Å². The van der Waals surface area contributed by atoms with E-state index in [0.717, 1.165) is 6.54 Å². The lowest BCUT2D eigenvalue weighted by molar-refractivity contribution is 0.467. The molecule has 1 unspecified atom stereocenters. The van der Waals surface area contributed by atoms with E-state index in [9.17, 15) is 0 Å². The lowest BCUT2D eigenvalue weighted by Crippen LogP contribution is -2.27. The van der Waals surface area contributed by atoms with Crippen LogP contribution < -0.4 is 5.32 Å². The van der Waals surface area contributed by atoms with Crippen molar-refractivity contribution in [1.29, 1.82) is 0 Å². The largest absolute Gasteiger partial charge is 0.314 e. The lowest BCUT2D eigenvalue weighted by atomic mass is 10.0. The quantitative estimate of drug-likeness (QED) is 0.737. The molecular weight excluding hydrogens is 194 g/mol. The fourth-order valence-corrected chi connectivity index (χ4v) is 2.05. The molecule has 90 valence electrons. The molecule has 1 heteroatoms. The highest BCUT2D eigenvalue weighted by Gasteiger charge is 2.03. The first-order chi connectivity index (χ1) is 7.76. The SMILES string of the molecule is CCNC(CC)CCCc1ccc(C)cc1. The second-order valence-electron chi connectivity index (χ2n) is 4.54. The molecule has 0 aliphatic carbocycles. The van der Waals surface area contributed by atoms with Gasteiger partial charge in [0, 0.05) is 6.04 Å². The molecule has 0 amide bonds. The second-order valence-corrected chi connectivity index (χ2v) is 4.54.